The minimum absolute atomic E-state index is 0.0187. The number of benzene rings is 1. The van der Waals surface area contributed by atoms with Crippen LogP contribution in [0.3, 0.4) is 0 Å². The molecule has 1 aliphatic rings. The third-order valence-corrected chi connectivity index (χ3v) is 4.90. The third-order valence-electron chi connectivity index (χ3n) is 4.90. The molecule has 0 aliphatic carbocycles. The molecule has 30 heavy (non-hydrogen) atoms. The zero-order valence-corrected chi connectivity index (χ0v) is 17.2. The number of hydrogen-bond donors (Lipinski definition) is 4. The van der Waals surface area contributed by atoms with Gasteiger partial charge in [0, 0.05) is 5.56 Å². The van der Waals surface area contributed by atoms with Gasteiger partial charge in [0.05, 0.1) is 12.3 Å². The van der Waals surface area contributed by atoms with Crippen molar-refractivity contribution in [3.8, 4) is 18.0 Å². The maximum Gasteiger partial charge on any atom is 0.211 e. The molecule has 9 nitrogen and oxygen atoms in total. The fraction of sp³-hybridized carbons (Fsp3) is 0.333. The number of unbranched alkanes of at least 4 members (excludes halogenated alkanes) is 1. The van der Waals surface area contributed by atoms with Crippen LogP contribution in [-0.2, 0) is 0 Å². The monoisotopic (exact) mass is 404 g/mol. The second kappa shape index (κ2) is 8.58. The average Bonchev–Trinajstić information content (AvgIpc) is 2.69. The fourth-order valence-electron chi connectivity index (χ4n) is 3.51. The van der Waals surface area contributed by atoms with E-state index in [1.807, 2.05) is 38.2 Å². The Labute approximate surface area is 175 Å². The number of guanidine groups is 1. The highest BCUT2D eigenvalue weighted by atomic mass is 16.5. The van der Waals surface area contributed by atoms with Crippen molar-refractivity contribution >= 4 is 23.3 Å². The number of nitriles is 2. The zero-order valence-electron chi connectivity index (χ0n) is 17.2. The van der Waals surface area contributed by atoms with E-state index in [1.54, 1.807) is 0 Å². The number of nitrogens with two attached hydrogens (primary N) is 2. The van der Waals surface area contributed by atoms with E-state index in [-0.39, 0.29) is 23.0 Å². The van der Waals surface area contributed by atoms with Crippen LogP contribution in [0, 0.1) is 36.6 Å². The molecule has 6 N–H and O–H groups in total. The quantitative estimate of drug-likeness (QED) is 0.336. The molecule has 0 saturated carbocycles. The summed E-state index contributed by atoms with van der Waals surface area (Å²) < 4.78 is 5.96. The van der Waals surface area contributed by atoms with Crippen molar-refractivity contribution in [3.63, 3.8) is 0 Å². The Morgan fingerprint density at radius 2 is 1.93 bits per heavy atom. The van der Waals surface area contributed by atoms with Gasteiger partial charge in [-0.2, -0.15) is 10.5 Å². The maximum atomic E-state index is 9.44. The maximum absolute atomic E-state index is 9.44. The van der Waals surface area contributed by atoms with E-state index in [0.717, 1.165) is 35.3 Å². The van der Waals surface area contributed by atoms with E-state index in [9.17, 15) is 5.26 Å². The van der Waals surface area contributed by atoms with Gasteiger partial charge in [-0.25, -0.2) is 9.98 Å². The van der Waals surface area contributed by atoms with Crippen molar-refractivity contribution in [3.05, 3.63) is 39.9 Å². The molecule has 0 fully saturated rings. The van der Waals surface area contributed by atoms with Gasteiger partial charge in [0.2, 0.25) is 5.96 Å². The van der Waals surface area contributed by atoms with Crippen molar-refractivity contribution in [2.75, 3.05) is 23.4 Å². The largest absolute Gasteiger partial charge is 0.493 e. The van der Waals surface area contributed by atoms with E-state index in [2.05, 4.69) is 27.5 Å². The number of aliphatic imine (C=N–C) groups is 1. The standard InChI is InChI=1S/C21H24N8O/c1-4-5-6-30-18-11(2)7-13(8-12(18)3)17-15-16(24)14(9-22)19(25)28-20(15)29-21(27-17)26-10-23/h7-8,17H,4-6H2,1-3H3,(H6,24,25,26,27,28,29). The van der Waals surface area contributed by atoms with Gasteiger partial charge >= 0.3 is 0 Å². The molecule has 9 heteroatoms. The molecule has 3 rings (SSSR count). The Bertz CT molecular complexity index is 1070. The van der Waals surface area contributed by atoms with Crippen molar-refractivity contribution in [2.24, 2.45) is 4.99 Å². The number of ether oxygens (including phenoxy) is 1. The van der Waals surface area contributed by atoms with Crippen LogP contribution in [0.5, 0.6) is 5.75 Å². The summed E-state index contributed by atoms with van der Waals surface area (Å²) in [5.41, 5.74) is 15.8. The third kappa shape index (κ3) is 3.78. The van der Waals surface area contributed by atoms with E-state index in [4.69, 9.17) is 21.5 Å². The summed E-state index contributed by atoms with van der Waals surface area (Å²) >= 11 is 0. The van der Waals surface area contributed by atoms with Crippen LogP contribution in [-0.4, -0.2) is 17.6 Å². The summed E-state index contributed by atoms with van der Waals surface area (Å²) in [4.78, 5) is 8.87. The molecular weight excluding hydrogens is 380 g/mol. The second-order valence-electron chi connectivity index (χ2n) is 7.09. The summed E-state index contributed by atoms with van der Waals surface area (Å²) in [6.07, 6.45) is 3.89. The van der Waals surface area contributed by atoms with Crippen LogP contribution in [0.25, 0.3) is 0 Å². The highest BCUT2D eigenvalue weighted by Crippen LogP contribution is 2.41. The first-order chi connectivity index (χ1) is 14.4. The Morgan fingerprint density at radius 1 is 1.23 bits per heavy atom. The molecule has 0 spiro atoms. The molecule has 0 saturated heterocycles. The Kier molecular flexibility index (Phi) is 5.93. The molecule has 1 aromatic carbocycles. The number of pyridine rings is 1. The van der Waals surface area contributed by atoms with Gasteiger partial charge in [-0.05, 0) is 49.1 Å². The van der Waals surface area contributed by atoms with Crippen LogP contribution in [0.2, 0.25) is 0 Å². The van der Waals surface area contributed by atoms with Gasteiger partial charge in [0.15, 0.2) is 6.19 Å². The van der Waals surface area contributed by atoms with Gasteiger partial charge in [0.1, 0.15) is 35.1 Å². The zero-order chi connectivity index (χ0) is 21.8. The summed E-state index contributed by atoms with van der Waals surface area (Å²) in [5, 5.41) is 23.9. The van der Waals surface area contributed by atoms with Gasteiger partial charge < -0.3 is 21.5 Å². The normalized spacial score (nSPS) is 14.6. The molecule has 2 aromatic rings. The molecule has 0 radical (unpaired) electrons. The number of fused-ring (bicyclic) bond motifs is 1. The molecule has 1 aromatic heterocycles. The summed E-state index contributed by atoms with van der Waals surface area (Å²) in [6.45, 7) is 6.72. The number of hydrogen-bond acceptors (Lipinski definition) is 9. The van der Waals surface area contributed by atoms with Crippen molar-refractivity contribution in [1.29, 1.82) is 10.5 Å². The number of aromatic nitrogens is 1. The van der Waals surface area contributed by atoms with Gasteiger partial charge in [-0.15, -0.1) is 0 Å². The minimum Gasteiger partial charge on any atom is -0.493 e. The summed E-state index contributed by atoms with van der Waals surface area (Å²) in [5.74, 6) is 1.46. The van der Waals surface area contributed by atoms with Gasteiger partial charge in [0.25, 0.3) is 0 Å². The number of nitrogens with one attached hydrogen (secondary N) is 2. The lowest BCUT2D eigenvalue weighted by molar-refractivity contribution is 0.305. The lowest BCUT2D eigenvalue weighted by atomic mass is 9.92. The number of rotatable bonds is 5. The molecular formula is C21H24N8O. The first-order valence-corrected chi connectivity index (χ1v) is 9.64. The topological polar surface area (TPSA) is 158 Å². The van der Waals surface area contributed by atoms with Crippen molar-refractivity contribution in [1.82, 2.24) is 10.3 Å². The predicted octanol–water partition coefficient (Wildman–Crippen LogP) is 2.86. The number of nitrogen functional groups attached to an aromatic ring is 2. The molecule has 1 aliphatic heterocycles. The first-order valence-electron chi connectivity index (χ1n) is 9.64. The average molecular weight is 404 g/mol. The summed E-state index contributed by atoms with van der Waals surface area (Å²) in [6, 6.07) is 5.39. The van der Waals surface area contributed by atoms with Crippen molar-refractivity contribution < 1.29 is 4.74 Å². The Balaban J connectivity index is 2.13. The molecule has 0 amide bonds. The number of aryl methyl sites for hydroxylation is 2. The minimum atomic E-state index is -0.570. The van der Waals surface area contributed by atoms with Crippen LogP contribution in [0.1, 0.15) is 53.6 Å². The Hall–Kier alpha value is -3.98. The number of nitrogens with zero attached hydrogens (tertiary/aromatic N) is 4. The molecule has 0 bridgehead atoms. The SMILES string of the molecule is CCCCOc1c(C)cc(C2N=C(NC#N)Nc3nc(N)c(C#N)c(N)c32)cc1C. The smallest absolute Gasteiger partial charge is 0.211 e. The molecule has 1 atom stereocenters. The van der Waals surface area contributed by atoms with E-state index < -0.39 is 6.04 Å². The highest BCUT2D eigenvalue weighted by Gasteiger charge is 2.30. The van der Waals surface area contributed by atoms with E-state index in [0.29, 0.717) is 18.0 Å². The second-order valence-corrected chi connectivity index (χ2v) is 7.09. The number of anilines is 3. The van der Waals surface area contributed by atoms with Crippen molar-refractivity contribution in [2.45, 2.75) is 39.7 Å². The predicted molar refractivity (Wildman–Crippen MR) is 116 cm³/mol. The van der Waals surface area contributed by atoms with Crippen LogP contribution < -0.4 is 26.8 Å². The fourth-order valence-corrected chi connectivity index (χ4v) is 3.51. The van der Waals surface area contributed by atoms with E-state index in [1.165, 1.54) is 0 Å². The van der Waals surface area contributed by atoms with Crippen LogP contribution in [0.15, 0.2) is 17.1 Å². The summed E-state index contributed by atoms with van der Waals surface area (Å²) in [7, 11) is 0. The lowest BCUT2D eigenvalue weighted by Crippen LogP contribution is -2.32. The van der Waals surface area contributed by atoms with Crippen LogP contribution >= 0.6 is 0 Å². The van der Waals surface area contributed by atoms with E-state index >= 15 is 0 Å². The highest BCUT2D eigenvalue weighted by molar-refractivity contribution is 5.98. The van der Waals surface area contributed by atoms with Gasteiger partial charge in [-0.1, -0.05) is 13.3 Å². The van der Waals surface area contributed by atoms with Gasteiger partial charge in [-0.3, -0.25) is 5.32 Å². The molecule has 1 unspecified atom stereocenters. The lowest BCUT2D eigenvalue weighted by Gasteiger charge is -2.27. The molecule has 2 heterocycles. The molecule has 154 valence electrons. The van der Waals surface area contributed by atoms with Crippen LogP contribution in [0.4, 0.5) is 17.3 Å². The Morgan fingerprint density at radius 3 is 2.53 bits per heavy atom. The first kappa shape index (κ1) is 20.7.